The molecule has 0 amide bonds. The normalized spacial score (nSPS) is 23.4. The highest BCUT2D eigenvalue weighted by molar-refractivity contribution is 9.10. The maximum Gasteiger partial charge on any atom is 0.312 e. The fourth-order valence-corrected chi connectivity index (χ4v) is 8.10. The monoisotopic (exact) mass is 598 g/mol. The van der Waals surface area contributed by atoms with Crippen LogP contribution in [0.2, 0.25) is 0 Å². The quantitative estimate of drug-likeness (QED) is 0.225. The number of carbonyl (C=O) groups is 1. The summed E-state index contributed by atoms with van der Waals surface area (Å²) in [6, 6.07) is 24.2. The maximum absolute atomic E-state index is 13.6. The SMILES string of the molecule is COC(=O)[C@]1(C)CCC[C@]2(C)c3ccc(C(C)C)cc3-c3c(c4ccccc4n3CCNc3ccc(Br)cc3)C12. The Morgan fingerprint density at radius 3 is 2.55 bits per heavy atom. The first-order chi connectivity index (χ1) is 19.2. The smallest absolute Gasteiger partial charge is 0.312 e. The van der Waals surface area contributed by atoms with E-state index in [0.29, 0.717) is 5.92 Å². The molecule has 0 spiro atoms. The lowest BCUT2D eigenvalue weighted by molar-refractivity contribution is -0.157. The van der Waals surface area contributed by atoms with Crippen LogP contribution in [-0.2, 0) is 21.5 Å². The summed E-state index contributed by atoms with van der Waals surface area (Å²) >= 11 is 3.54. The fraction of sp³-hybridized carbons (Fsp3) is 0.400. The number of nitrogens with one attached hydrogen (secondary N) is 1. The number of carbonyl (C=O) groups excluding carboxylic acids is 1. The minimum atomic E-state index is -0.602. The fourth-order valence-electron chi connectivity index (χ4n) is 7.83. The van der Waals surface area contributed by atoms with Gasteiger partial charge in [0.25, 0.3) is 0 Å². The minimum absolute atomic E-state index is 0.0270. The van der Waals surface area contributed by atoms with E-state index in [-0.39, 0.29) is 17.3 Å². The number of hydrogen-bond donors (Lipinski definition) is 1. The molecule has 0 aliphatic heterocycles. The van der Waals surface area contributed by atoms with E-state index >= 15 is 0 Å². The number of benzene rings is 3. The Bertz CT molecular complexity index is 1590. The van der Waals surface area contributed by atoms with Gasteiger partial charge in [0.05, 0.1) is 18.2 Å². The van der Waals surface area contributed by atoms with Gasteiger partial charge < -0.3 is 14.6 Å². The molecule has 0 bridgehead atoms. The summed E-state index contributed by atoms with van der Waals surface area (Å²) in [4.78, 5) is 13.6. The number of fused-ring (bicyclic) bond motifs is 8. The van der Waals surface area contributed by atoms with Crippen molar-refractivity contribution in [1.82, 2.24) is 4.57 Å². The molecule has 4 nitrogen and oxygen atoms in total. The number of methoxy groups -OCH3 is 1. The molecule has 1 heterocycles. The van der Waals surface area contributed by atoms with E-state index in [2.05, 4.69) is 120 Å². The molecule has 5 heteroatoms. The van der Waals surface area contributed by atoms with Gasteiger partial charge in [-0.05, 0) is 78.8 Å². The van der Waals surface area contributed by atoms with E-state index in [1.807, 2.05) is 0 Å². The number of para-hydroxylation sites is 1. The minimum Gasteiger partial charge on any atom is -0.469 e. The van der Waals surface area contributed by atoms with Gasteiger partial charge in [0.1, 0.15) is 0 Å². The maximum atomic E-state index is 13.6. The molecule has 0 radical (unpaired) electrons. The van der Waals surface area contributed by atoms with Crippen LogP contribution in [0.15, 0.2) is 71.2 Å². The zero-order valence-electron chi connectivity index (χ0n) is 24.2. The van der Waals surface area contributed by atoms with Crippen molar-refractivity contribution in [1.29, 1.82) is 0 Å². The molecule has 0 saturated heterocycles. The molecule has 1 unspecified atom stereocenters. The van der Waals surface area contributed by atoms with E-state index < -0.39 is 5.41 Å². The number of rotatable bonds is 6. The highest BCUT2D eigenvalue weighted by atomic mass is 79.9. The van der Waals surface area contributed by atoms with Gasteiger partial charge in [0, 0.05) is 51.0 Å². The third-order valence-electron chi connectivity index (χ3n) is 9.71. The zero-order chi connectivity index (χ0) is 28.2. The number of anilines is 1. The van der Waals surface area contributed by atoms with Crippen molar-refractivity contribution in [2.45, 2.75) is 70.8 Å². The summed E-state index contributed by atoms with van der Waals surface area (Å²) in [6.45, 7) is 10.7. The van der Waals surface area contributed by atoms with Crippen LogP contribution in [0.4, 0.5) is 5.69 Å². The Hall–Kier alpha value is -3.05. The van der Waals surface area contributed by atoms with E-state index in [0.717, 1.165) is 42.5 Å². The van der Waals surface area contributed by atoms with Crippen molar-refractivity contribution < 1.29 is 9.53 Å². The highest BCUT2D eigenvalue weighted by Crippen LogP contribution is 2.65. The molecular weight excluding hydrogens is 560 g/mol. The van der Waals surface area contributed by atoms with Crippen LogP contribution in [0.25, 0.3) is 22.2 Å². The van der Waals surface area contributed by atoms with E-state index in [1.165, 1.54) is 38.9 Å². The number of hydrogen-bond acceptors (Lipinski definition) is 3. The average Bonchev–Trinajstić information content (AvgIpc) is 3.27. The van der Waals surface area contributed by atoms with Crippen LogP contribution in [0.1, 0.15) is 75.5 Å². The molecule has 208 valence electrons. The van der Waals surface area contributed by atoms with Crippen LogP contribution in [-0.4, -0.2) is 24.2 Å². The van der Waals surface area contributed by atoms with Crippen LogP contribution in [0.3, 0.4) is 0 Å². The van der Waals surface area contributed by atoms with Crippen LogP contribution in [0, 0.1) is 5.41 Å². The predicted octanol–water partition coefficient (Wildman–Crippen LogP) is 9.02. The second-order valence-electron chi connectivity index (χ2n) is 12.4. The molecular formula is C35H39BrN2O2. The molecule has 2 aliphatic rings. The second-order valence-corrected chi connectivity index (χ2v) is 13.4. The van der Waals surface area contributed by atoms with Gasteiger partial charge in [0.2, 0.25) is 0 Å². The topological polar surface area (TPSA) is 43.3 Å². The number of halogens is 1. The van der Waals surface area contributed by atoms with Gasteiger partial charge in [0.15, 0.2) is 0 Å². The molecule has 1 fully saturated rings. The number of esters is 1. The van der Waals surface area contributed by atoms with E-state index in [4.69, 9.17) is 4.74 Å². The number of nitrogens with zero attached hydrogens (tertiary/aromatic N) is 1. The van der Waals surface area contributed by atoms with Crippen molar-refractivity contribution in [3.63, 3.8) is 0 Å². The van der Waals surface area contributed by atoms with Crippen molar-refractivity contribution in [3.8, 4) is 11.3 Å². The van der Waals surface area contributed by atoms with Crippen molar-refractivity contribution in [2.75, 3.05) is 19.0 Å². The third kappa shape index (κ3) is 4.11. The van der Waals surface area contributed by atoms with Crippen LogP contribution in [0.5, 0.6) is 0 Å². The summed E-state index contributed by atoms with van der Waals surface area (Å²) in [6.07, 6.45) is 2.90. The summed E-state index contributed by atoms with van der Waals surface area (Å²) in [5, 5.41) is 4.89. The molecule has 3 aromatic carbocycles. The Morgan fingerprint density at radius 1 is 1.07 bits per heavy atom. The van der Waals surface area contributed by atoms with Gasteiger partial charge in [-0.3, -0.25) is 4.79 Å². The number of aromatic nitrogens is 1. The van der Waals surface area contributed by atoms with Crippen LogP contribution < -0.4 is 5.32 Å². The lowest BCUT2D eigenvalue weighted by atomic mass is 9.49. The first-order valence-corrected chi connectivity index (χ1v) is 15.3. The molecule has 1 aromatic heterocycles. The highest BCUT2D eigenvalue weighted by Gasteiger charge is 2.58. The third-order valence-corrected chi connectivity index (χ3v) is 10.2. The van der Waals surface area contributed by atoms with Crippen molar-refractivity contribution in [2.24, 2.45) is 5.41 Å². The lowest BCUT2D eigenvalue weighted by Gasteiger charge is -2.54. The van der Waals surface area contributed by atoms with Gasteiger partial charge in [-0.2, -0.15) is 0 Å². The van der Waals surface area contributed by atoms with Gasteiger partial charge in [-0.15, -0.1) is 0 Å². The standard InChI is InChI=1S/C35H39BrN2O2/c1-22(2)23-11-16-28-27(21-23)31-30(32-34(28,3)17-8-18-35(32,4)33(39)40-5)26-9-6-7-10-29(26)38(31)20-19-37-25-14-12-24(36)13-15-25/h6-7,9-16,21-22,32,37H,8,17-20H2,1-5H3/t32?,34-,35-/m1/s1. The van der Waals surface area contributed by atoms with Crippen molar-refractivity contribution in [3.05, 3.63) is 87.9 Å². The molecule has 3 atom stereocenters. The molecule has 4 aromatic rings. The van der Waals surface area contributed by atoms with Crippen molar-refractivity contribution >= 4 is 38.5 Å². The first kappa shape index (κ1) is 27.1. The zero-order valence-corrected chi connectivity index (χ0v) is 25.8. The molecule has 2 aliphatic carbocycles. The Kier molecular flexibility index (Phi) is 6.85. The molecule has 40 heavy (non-hydrogen) atoms. The molecule has 1 N–H and O–H groups in total. The summed E-state index contributed by atoms with van der Waals surface area (Å²) in [5.41, 5.74) is 8.21. The van der Waals surface area contributed by atoms with E-state index in [9.17, 15) is 4.79 Å². The summed E-state index contributed by atoms with van der Waals surface area (Å²) in [5.74, 6) is 0.368. The summed E-state index contributed by atoms with van der Waals surface area (Å²) in [7, 11) is 1.54. The summed E-state index contributed by atoms with van der Waals surface area (Å²) < 4.78 is 9.10. The van der Waals surface area contributed by atoms with E-state index in [1.54, 1.807) is 7.11 Å². The largest absolute Gasteiger partial charge is 0.469 e. The second kappa shape index (κ2) is 10.1. The molecule has 1 saturated carbocycles. The predicted molar refractivity (Wildman–Crippen MR) is 168 cm³/mol. The lowest BCUT2D eigenvalue weighted by Crippen LogP contribution is -2.50. The Morgan fingerprint density at radius 2 is 1.82 bits per heavy atom. The van der Waals surface area contributed by atoms with Gasteiger partial charge >= 0.3 is 5.97 Å². The van der Waals surface area contributed by atoms with Crippen LogP contribution >= 0.6 is 15.9 Å². The van der Waals surface area contributed by atoms with Gasteiger partial charge in [-0.25, -0.2) is 0 Å². The molecule has 6 rings (SSSR count). The first-order valence-electron chi connectivity index (χ1n) is 14.5. The number of ether oxygens (including phenoxy) is 1. The van der Waals surface area contributed by atoms with Gasteiger partial charge in [-0.1, -0.05) is 73.5 Å². The Labute approximate surface area is 246 Å². The Balaban J connectivity index is 1.59. The average molecular weight is 600 g/mol.